The Morgan fingerprint density at radius 2 is 1.11 bits per heavy atom. The standard InChI is InChI=1S/C25H27NOS.C13H11BrS.ClH/c1-20-11-13-22(14-12-20)28-24-10-6-5-9-23(24)25(27)15-17-26(18-16-25)19-21-7-3-2-4-8-21;1-10-6-8-11(9-7-10)15-13-5-3-2-4-12(13)14;/h2-14,27H,15-19H2,1H3;2-9H,1H3;1H. The SMILES string of the molecule is Cc1ccc(Sc2ccccc2Br)cc1.Cc1ccc(Sc2ccccc2C2(O)CC[NH+](Cc3ccccc3)CC2)cc1.[Cl-]. The minimum Gasteiger partial charge on any atom is -1.00 e. The number of benzene rings is 5. The maximum atomic E-state index is 11.5. The third-order valence-corrected chi connectivity index (χ3v) is 10.9. The van der Waals surface area contributed by atoms with Crippen molar-refractivity contribution in [2.45, 2.75) is 58.4 Å². The fourth-order valence-corrected chi connectivity index (χ4v) is 7.69. The Morgan fingerprint density at radius 1 is 0.636 bits per heavy atom. The van der Waals surface area contributed by atoms with Gasteiger partial charge in [-0.05, 0) is 77.8 Å². The second kappa shape index (κ2) is 16.7. The van der Waals surface area contributed by atoms with Gasteiger partial charge in [0.05, 0.1) is 13.1 Å². The second-order valence-corrected chi connectivity index (χ2v) is 14.3. The molecule has 1 aliphatic rings. The number of likely N-dealkylation sites (tertiary alicyclic amines) is 1. The van der Waals surface area contributed by atoms with Crippen molar-refractivity contribution in [2.24, 2.45) is 0 Å². The molecule has 1 saturated heterocycles. The smallest absolute Gasteiger partial charge is 0.103 e. The van der Waals surface area contributed by atoms with Crippen LogP contribution in [0.4, 0.5) is 0 Å². The van der Waals surface area contributed by atoms with Gasteiger partial charge in [0.25, 0.3) is 0 Å². The summed E-state index contributed by atoms with van der Waals surface area (Å²) in [6, 6.07) is 44.5. The summed E-state index contributed by atoms with van der Waals surface area (Å²) in [6.45, 7) is 7.24. The Labute approximate surface area is 285 Å². The summed E-state index contributed by atoms with van der Waals surface area (Å²) in [5.41, 5.74) is 4.29. The topological polar surface area (TPSA) is 24.7 Å². The number of piperidine rings is 1. The lowest BCUT2D eigenvalue weighted by atomic mass is 9.84. The Hall–Kier alpha value is -2.51. The normalized spacial score (nSPS) is 17.6. The molecule has 0 unspecified atom stereocenters. The van der Waals surface area contributed by atoms with Crippen LogP contribution in [0.1, 0.15) is 35.1 Å². The summed E-state index contributed by atoms with van der Waals surface area (Å²) < 4.78 is 1.15. The van der Waals surface area contributed by atoms with Gasteiger partial charge in [-0.1, -0.05) is 120 Å². The number of aryl methyl sites for hydroxylation is 2. The van der Waals surface area contributed by atoms with E-state index >= 15 is 0 Å². The van der Waals surface area contributed by atoms with Crippen molar-refractivity contribution in [2.75, 3.05) is 13.1 Å². The van der Waals surface area contributed by atoms with Crippen molar-refractivity contribution >= 4 is 39.5 Å². The lowest BCUT2D eigenvalue weighted by molar-refractivity contribution is -0.921. The number of rotatable bonds is 7. The molecule has 0 spiro atoms. The van der Waals surface area contributed by atoms with Crippen LogP contribution in [-0.2, 0) is 12.1 Å². The maximum Gasteiger partial charge on any atom is 0.103 e. The van der Waals surface area contributed by atoms with Gasteiger partial charge in [0.2, 0.25) is 0 Å². The van der Waals surface area contributed by atoms with Gasteiger partial charge >= 0.3 is 0 Å². The molecule has 5 aromatic rings. The van der Waals surface area contributed by atoms with E-state index in [1.54, 1.807) is 28.4 Å². The molecule has 0 bridgehead atoms. The molecule has 6 heteroatoms. The predicted octanol–water partition coefficient (Wildman–Crippen LogP) is 6.13. The van der Waals surface area contributed by atoms with Crippen molar-refractivity contribution in [3.63, 3.8) is 0 Å². The highest BCUT2D eigenvalue weighted by Gasteiger charge is 2.37. The first-order chi connectivity index (χ1) is 20.9. The highest BCUT2D eigenvalue weighted by atomic mass is 79.9. The Bertz CT molecular complexity index is 1590. The van der Waals surface area contributed by atoms with Gasteiger partial charge in [0.15, 0.2) is 0 Å². The number of hydrogen-bond acceptors (Lipinski definition) is 3. The Balaban J connectivity index is 0.000000234. The van der Waals surface area contributed by atoms with E-state index in [4.69, 9.17) is 0 Å². The van der Waals surface area contributed by atoms with Crippen molar-refractivity contribution in [1.82, 2.24) is 0 Å². The van der Waals surface area contributed by atoms with Gasteiger partial charge in [-0.25, -0.2) is 0 Å². The number of quaternary nitrogens is 1. The molecule has 0 aliphatic carbocycles. The van der Waals surface area contributed by atoms with Crippen LogP contribution in [0, 0.1) is 13.8 Å². The van der Waals surface area contributed by atoms with Gasteiger partial charge in [0, 0.05) is 42.5 Å². The monoisotopic (exact) mass is 703 g/mol. The van der Waals surface area contributed by atoms with Crippen LogP contribution in [0.2, 0.25) is 0 Å². The summed E-state index contributed by atoms with van der Waals surface area (Å²) in [7, 11) is 0. The zero-order valence-electron chi connectivity index (χ0n) is 25.2. The van der Waals surface area contributed by atoms with Crippen LogP contribution in [0.15, 0.2) is 151 Å². The van der Waals surface area contributed by atoms with E-state index in [0.717, 1.165) is 42.5 Å². The molecular formula is C38H39BrClNOS2. The summed E-state index contributed by atoms with van der Waals surface area (Å²) in [6.07, 6.45) is 1.61. The minimum atomic E-state index is -0.728. The molecule has 2 nitrogen and oxygen atoms in total. The zero-order valence-corrected chi connectivity index (χ0v) is 29.2. The van der Waals surface area contributed by atoms with Crippen molar-refractivity contribution in [3.8, 4) is 0 Å². The Morgan fingerprint density at radius 3 is 1.68 bits per heavy atom. The zero-order chi connectivity index (χ0) is 30.1. The summed E-state index contributed by atoms with van der Waals surface area (Å²) in [5.74, 6) is 0. The van der Waals surface area contributed by atoms with Crippen LogP contribution in [0.3, 0.4) is 0 Å². The first kappa shape index (κ1) is 34.4. The molecule has 0 saturated carbocycles. The number of hydrogen-bond donors (Lipinski definition) is 2. The van der Waals surface area contributed by atoms with Gasteiger partial charge in [0.1, 0.15) is 12.1 Å². The highest BCUT2D eigenvalue weighted by Crippen LogP contribution is 2.39. The average Bonchev–Trinajstić information content (AvgIpc) is 3.03. The molecule has 44 heavy (non-hydrogen) atoms. The third-order valence-electron chi connectivity index (χ3n) is 7.80. The molecular weight excluding hydrogens is 666 g/mol. The largest absolute Gasteiger partial charge is 1.00 e. The summed E-state index contributed by atoms with van der Waals surface area (Å²) in [4.78, 5) is 6.46. The van der Waals surface area contributed by atoms with Gasteiger partial charge in [-0.15, -0.1) is 0 Å². The molecule has 1 heterocycles. The van der Waals surface area contributed by atoms with Gasteiger partial charge in [-0.2, -0.15) is 0 Å². The van der Waals surface area contributed by atoms with E-state index in [9.17, 15) is 5.11 Å². The molecule has 2 N–H and O–H groups in total. The quantitative estimate of drug-likeness (QED) is 0.214. The average molecular weight is 705 g/mol. The third kappa shape index (κ3) is 9.74. The Kier molecular flexibility index (Phi) is 13.0. The van der Waals surface area contributed by atoms with E-state index in [0.29, 0.717) is 0 Å². The molecule has 0 radical (unpaired) electrons. The van der Waals surface area contributed by atoms with Gasteiger partial charge in [-0.3, -0.25) is 0 Å². The van der Waals surface area contributed by atoms with Crippen LogP contribution >= 0.6 is 39.5 Å². The lowest BCUT2D eigenvalue weighted by Crippen LogP contribution is -3.12. The molecule has 6 rings (SSSR count). The first-order valence-electron chi connectivity index (χ1n) is 14.8. The molecule has 0 amide bonds. The van der Waals surface area contributed by atoms with E-state index in [1.165, 1.54) is 36.3 Å². The lowest BCUT2D eigenvalue weighted by Gasteiger charge is -2.37. The van der Waals surface area contributed by atoms with E-state index in [1.807, 2.05) is 6.07 Å². The van der Waals surface area contributed by atoms with Gasteiger partial charge < -0.3 is 22.4 Å². The number of aliphatic hydroxyl groups is 1. The van der Waals surface area contributed by atoms with E-state index in [2.05, 4.69) is 151 Å². The first-order valence-corrected chi connectivity index (χ1v) is 17.2. The van der Waals surface area contributed by atoms with Crippen molar-refractivity contribution < 1.29 is 22.4 Å². The summed E-state index contributed by atoms with van der Waals surface area (Å²) >= 11 is 7.08. The number of halogens is 2. The van der Waals surface area contributed by atoms with E-state index < -0.39 is 5.60 Å². The second-order valence-electron chi connectivity index (χ2n) is 11.2. The molecule has 0 aromatic heterocycles. The highest BCUT2D eigenvalue weighted by molar-refractivity contribution is 9.10. The maximum absolute atomic E-state index is 11.5. The molecule has 5 aromatic carbocycles. The number of nitrogens with one attached hydrogen (secondary N) is 1. The fourth-order valence-electron chi connectivity index (χ4n) is 5.28. The van der Waals surface area contributed by atoms with Crippen LogP contribution < -0.4 is 17.3 Å². The van der Waals surface area contributed by atoms with Crippen LogP contribution in [0.25, 0.3) is 0 Å². The molecule has 0 atom stereocenters. The van der Waals surface area contributed by atoms with Crippen molar-refractivity contribution in [1.29, 1.82) is 0 Å². The van der Waals surface area contributed by atoms with Crippen LogP contribution in [-0.4, -0.2) is 18.2 Å². The molecule has 1 fully saturated rings. The summed E-state index contributed by atoms with van der Waals surface area (Å²) in [5, 5.41) is 11.5. The minimum absolute atomic E-state index is 0. The van der Waals surface area contributed by atoms with Crippen LogP contribution in [0.5, 0.6) is 0 Å². The van der Waals surface area contributed by atoms with Crippen molar-refractivity contribution in [3.05, 3.63) is 154 Å². The predicted molar refractivity (Wildman–Crippen MR) is 185 cm³/mol. The van der Waals surface area contributed by atoms with E-state index in [-0.39, 0.29) is 12.4 Å². The fraction of sp³-hybridized carbons (Fsp3) is 0.211. The molecule has 1 aliphatic heterocycles. The molecule has 228 valence electrons.